The molecule has 0 aliphatic rings. The van der Waals surface area contributed by atoms with E-state index in [1.54, 1.807) is 24.3 Å². The first-order valence-corrected chi connectivity index (χ1v) is 10.2. The van der Waals surface area contributed by atoms with Crippen LogP contribution >= 0.6 is 0 Å². The predicted octanol–water partition coefficient (Wildman–Crippen LogP) is 4.95. The van der Waals surface area contributed by atoms with Crippen LogP contribution in [0.5, 0.6) is 17.2 Å². The van der Waals surface area contributed by atoms with E-state index in [1.165, 1.54) is 11.1 Å². The van der Waals surface area contributed by atoms with Gasteiger partial charge in [-0.2, -0.15) is 0 Å². The van der Waals surface area contributed by atoms with Crippen LogP contribution in [0.25, 0.3) is 0 Å². The van der Waals surface area contributed by atoms with Crippen LogP contribution in [-0.4, -0.2) is 18.6 Å². The molecule has 3 N–H and O–H groups in total. The van der Waals surface area contributed by atoms with Crippen LogP contribution in [0.15, 0.2) is 72.8 Å². The fourth-order valence-corrected chi connectivity index (χ4v) is 2.85. The summed E-state index contributed by atoms with van der Waals surface area (Å²) in [7, 11) is 0. The van der Waals surface area contributed by atoms with E-state index in [0.717, 1.165) is 18.6 Å². The van der Waals surface area contributed by atoms with Gasteiger partial charge >= 0.3 is 0 Å². The van der Waals surface area contributed by atoms with E-state index in [4.69, 9.17) is 15.2 Å². The average molecular weight is 405 g/mol. The normalized spacial score (nSPS) is 11.6. The number of benzene rings is 3. The first-order chi connectivity index (χ1) is 14.6. The fraction of sp³-hybridized carbons (Fsp3) is 0.240. The summed E-state index contributed by atoms with van der Waals surface area (Å²) in [5, 5.41) is 2.80. The zero-order chi connectivity index (χ0) is 21.3. The Morgan fingerprint density at radius 1 is 0.800 bits per heavy atom. The van der Waals surface area contributed by atoms with Crippen LogP contribution in [0.2, 0.25) is 0 Å². The molecule has 30 heavy (non-hydrogen) atoms. The SMILES string of the molecule is CCc1ccc(OC[C@H](N)C(=O)Nc2ccc(Oc3ccc(CC)cc3)cc2)cc1. The van der Waals surface area contributed by atoms with E-state index in [2.05, 4.69) is 19.2 Å². The molecule has 5 nitrogen and oxygen atoms in total. The number of ether oxygens (including phenoxy) is 2. The second-order valence-electron chi connectivity index (χ2n) is 7.03. The van der Waals surface area contributed by atoms with Gasteiger partial charge in [-0.1, -0.05) is 38.1 Å². The van der Waals surface area contributed by atoms with Crippen molar-refractivity contribution in [3.05, 3.63) is 83.9 Å². The molecule has 156 valence electrons. The summed E-state index contributed by atoms with van der Waals surface area (Å²) in [4.78, 5) is 12.3. The van der Waals surface area contributed by atoms with Gasteiger partial charge < -0.3 is 20.5 Å². The van der Waals surface area contributed by atoms with E-state index >= 15 is 0 Å². The first-order valence-electron chi connectivity index (χ1n) is 10.2. The van der Waals surface area contributed by atoms with Crippen LogP contribution in [0, 0.1) is 0 Å². The minimum atomic E-state index is -0.774. The fourth-order valence-electron chi connectivity index (χ4n) is 2.85. The maximum absolute atomic E-state index is 12.3. The molecule has 5 heteroatoms. The van der Waals surface area contributed by atoms with Crippen molar-refractivity contribution in [3.8, 4) is 17.2 Å². The van der Waals surface area contributed by atoms with Gasteiger partial charge in [-0.05, 0) is 72.5 Å². The van der Waals surface area contributed by atoms with Crippen molar-refractivity contribution in [3.63, 3.8) is 0 Å². The summed E-state index contributed by atoms with van der Waals surface area (Å²) < 4.78 is 11.5. The lowest BCUT2D eigenvalue weighted by Gasteiger charge is -2.14. The molecule has 0 saturated heterocycles. The quantitative estimate of drug-likeness (QED) is 0.529. The van der Waals surface area contributed by atoms with Gasteiger partial charge in [-0.3, -0.25) is 4.79 Å². The summed E-state index contributed by atoms with van der Waals surface area (Å²) in [5.74, 6) is 1.86. The van der Waals surface area contributed by atoms with Gasteiger partial charge in [0.1, 0.15) is 29.9 Å². The molecule has 0 unspecified atom stereocenters. The lowest BCUT2D eigenvalue weighted by atomic mass is 10.2. The zero-order valence-electron chi connectivity index (χ0n) is 17.4. The molecule has 0 aromatic heterocycles. The van der Waals surface area contributed by atoms with Gasteiger partial charge in [0.05, 0.1) is 0 Å². The molecule has 0 bridgehead atoms. The number of nitrogens with one attached hydrogen (secondary N) is 1. The maximum Gasteiger partial charge on any atom is 0.244 e. The summed E-state index contributed by atoms with van der Waals surface area (Å²) in [6.07, 6.45) is 1.96. The lowest BCUT2D eigenvalue weighted by Crippen LogP contribution is -2.40. The Labute approximate surface area is 177 Å². The van der Waals surface area contributed by atoms with Gasteiger partial charge in [0.25, 0.3) is 0 Å². The summed E-state index contributed by atoms with van der Waals surface area (Å²) in [6.45, 7) is 4.31. The Morgan fingerprint density at radius 2 is 1.27 bits per heavy atom. The molecule has 1 amide bonds. The molecule has 0 spiro atoms. The minimum Gasteiger partial charge on any atom is -0.491 e. The van der Waals surface area contributed by atoms with Crippen LogP contribution in [-0.2, 0) is 17.6 Å². The second kappa shape index (κ2) is 10.5. The number of anilines is 1. The Kier molecular flexibility index (Phi) is 7.46. The van der Waals surface area contributed by atoms with Gasteiger partial charge in [-0.15, -0.1) is 0 Å². The maximum atomic E-state index is 12.3. The molecular weight excluding hydrogens is 376 g/mol. The summed E-state index contributed by atoms with van der Waals surface area (Å²) >= 11 is 0. The highest BCUT2D eigenvalue weighted by atomic mass is 16.5. The molecule has 1 atom stereocenters. The number of hydrogen-bond acceptors (Lipinski definition) is 4. The molecule has 0 radical (unpaired) electrons. The van der Waals surface area contributed by atoms with E-state index in [9.17, 15) is 4.79 Å². The van der Waals surface area contributed by atoms with E-state index < -0.39 is 6.04 Å². The molecule has 0 aliphatic carbocycles. The van der Waals surface area contributed by atoms with Gasteiger partial charge in [0.2, 0.25) is 5.91 Å². The third kappa shape index (κ3) is 6.09. The first kappa shape index (κ1) is 21.4. The van der Waals surface area contributed by atoms with Crippen LogP contribution in [0.4, 0.5) is 5.69 Å². The van der Waals surface area contributed by atoms with Crippen molar-refractivity contribution in [2.24, 2.45) is 5.73 Å². The standard InChI is InChI=1S/C25H28N2O3/c1-3-18-5-11-21(12-6-18)29-17-24(26)25(28)27-20-9-15-23(16-10-20)30-22-13-7-19(4-2)8-14-22/h5-16,24H,3-4,17,26H2,1-2H3,(H,27,28)/t24-/m0/s1. The van der Waals surface area contributed by atoms with Gasteiger partial charge in [0, 0.05) is 5.69 Å². The highest BCUT2D eigenvalue weighted by Gasteiger charge is 2.14. The van der Waals surface area contributed by atoms with Gasteiger partial charge in [0.15, 0.2) is 0 Å². The number of amides is 1. The topological polar surface area (TPSA) is 73.6 Å². The molecule has 0 heterocycles. The molecule has 0 aliphatic heterocycles. The molecule has 0 saturated carbocycles. The molecular formula is C25H28N2O3. The van der Waals surface area contributed by atoms with E-state index in [1.807, 2.05) is 48.5 Å². The van der Waals surface area contributed by atoms with Crippen LogP contribution < -0.4 is 20.5 Å². The highest BCUT2D eigenvalue weighted by molar-refractivity contribution is 5.94. The zero-order valence-corrected chi connectivity index (χ0v) is 17.4. The van der Waals surface area contributed by atoms with Crippen LogP contribution in [0.1, 0.15) is 25.0 Å². The van der Waals surface area contributed by atoms with Crippen LogP contribution in [0.3, 0.4) is 0 Å². The number of nitrogens with two attached hydrogens (primary N) is 1. The molecule has 0 fully saturated rings. The highest BCUT2D eigenvalue weighted by Crippen LogP contribution is 2.23. The van der Waals surface area contributed by atoms with Crippen molar-refractivity contribution in [1.29, 1.82) is 0 Å². The molecule has 3 aromatic carbocycles. The largest absolute Gasteiger partial charge is 0.491 e. The lowest BCUT2D eigenvalue weighted by molar-refractivity contribution is -0.118. The van der Waals surface area contributed by atoms with E-state index in [0.29, 0.717) is 17.2 Å². The third-order valence-electron chi connectivity index (χ3n) is 4.79. The summed E-state index contributed by atoms with van der Waals surface area (Å²) in [5.41, 5.74) is 9.11. The van der Waals surface area contributed by atoms with Crippen molar-refractivity contribution in [1.82, 2.24) is 0 Å². The Bertz CT molecular complexity index is 936. The minimum absolute atomic E-state index is 0.103. The van der Waals surface area contributed by atoms with Crippen molar-refractivity contribution in [2.75, 3.05) is 11.9 Å². The molecule has 3 rings (SSSR count). The van der Waals surface area contributed by atoms with Crippen molar-refractivity contribution in [2.45, 2.75) is 32.7 Å². The Hall–Kier alpha value is -3.31. The predicted molar refractivity (Wildman–Crippen MR) is 120 cm³/mol. The third-order valence-corrected chi connectivity index (χ3v) is 4.79. The Morgan fingerprint density at radius 3 is 1.77 bits per heavy atom. The molecule has 3 aromatic rings. The second-order valence-corrected chi connectivity index (χ2v) is 7.03. The summed E-state index contributed by atoms with van der Waals surface area (Å²) in [6, 6.07) is 22.2. The number of carbonyl (C=O) groups is 1. The monoisotopic (exact) mass is 404 g/mol. The van der Waals surface area contributed by atoms with Gasteiger partial charge in [-0.25, -0.2) is 0 Å². The number of aryl methyl sites for hydroxylation is 2. The number of rotatable bonds is 9. The van der Waals surface area contributed by atoms with E-state index in [-0.39, 0.29) is 12.5 Å². The van der Waals surface area contributed by atoms with Crippen molar-refractivity contribution >= 4 is 11.6 Å². The number of hydrogen-bond donors (Lipinski definition) is 2. The smallest absolute Gasteiger partial charge is 0.244 e. The average Bonchev–Trinajstić information content (AvgIpc) is 2.79. The Balaban J connectivity index is 1.49. The number of carbonyl (C=O) groups excluding carboxylic acids is 1. The van der Waals surface area contributed by atoms with Crippen molar-refractivity contribution < 1.29 is 14.3 Å².